The number of benzene rings is 1. The van der Waals surface area contributed by atoms with Crippen molar-refractivity contribution in [3.05, 3.63) is 29.8 Å². The third-order valence-corrected chi connectivity index (χ3v) is 3.46. The summed E-state index contributed by atoms with van der Waals surface area (Å²) in [5.74, 6) is -0.833. The molecule has 0 aromatic heterocycles. The Labute approximate surface area is 121 Å². The van der Waals surface area contributed by atoms with Crippen LogP contribution in [0.25, 0.3) is 0 Å². The molecule has 0 radical (unpaired) electrons. The number of nitrogens with zero attached hydrogens (tertiary/aromatic N) is 1. The third kappa shape index (κ3) is 4.12. The van der Waals surface area contributed by atoms with Gasteiger partial charge in [0.2, 0.25) is 0 Å². The molecule has 116 valence electrons. The van der Waals surface area contributed by atoms with Crippen molar-refractivity contribution in [2.45, 2.75) is 25.7 Å². The van der Waals surface area contributed by atoms with E-state index in [1.54, 1.807) is 24.0 Å². The first-order valence-corrected chi connectivity index (χ1v) is 6.60. The Morgan fingerprint density at radius 2 is 2.29 bits per heavy atom. The van der Waals surface area contributed by atoms with Gasteiger partial charge in [-0.15, -0.1) is 0 Å². The molecule has 5 nitrogen and oxygen atoms in total. The van der Waals surface area contributed by atoms with Gasteiger partial charge in [0, 0.05) is 13.1 Å². The number of alkyl halides is 2. The molecule has 1 fully saturated rings. The molecule has 1 aromatic carbocycles. The zero-order chi connectivity index (χ0) is 15.4. The molecule has 7 heteroatoms. The first-order valence-electron chi connectivity index (χ1n) is 6.60. The summed E-state index contributed by atoms with van der Waals surface area (Å²) in [6, 6.07) is 5.67. The second-order valence-corrected chi connectivity index (χ2v) is 4.82. The van der Waals surface area contributed by atoms with Crippen LogP contribution in [0.1, 0.15) is 18.6 Å². The average molecular weight is 301 g/mol. The van der Waals surface area contributed by atoms with Crippen molar-refractivity contribution < 1.29 is 28.2 Å². The maximum absolute atomic E-state index is 12.2. The predicted molar refractivity (Wildman–Crippen MR) is 70.4 cm³/mol. The Balaban J connectivity index is 2.08. The Kier molecular flexibility index (Phi) is 5.08. The van der Waals surface area contributed by atoms with Crippen molar-refractivity contribution in [3.8, 4) is 5.75 Å². The Bertz CT molecular complexity index is 498. The monoisotopic (exact) mass is 301 g/mol. The lowest BCUT2D eigenvalue weighted by Crippen LogP contribution is -2.46. The summed E-state index contributed by atoms with van der Waals surface area (Å²) in [5.41, 5.74) is 0.690. The van der Waals surface area contributed by atoms with Gasteiger partial charge in [-0.1, -0.05) is 12.1 Å². The maximum atomic E-state index is 12.2. The van der Waals surface area contributed by atoms with Crippen molar-refractivity contribution in [2.24, 2.45) is 0 Å². The third-order valence-electron chi connectivity index (χ3n) is 3.46. The number of hydrogen-bond donors (Lipinski definition) is 1. The van der Waals surface area contributed by atoms with Gasteiger partial charge in [-0.05, 0) is 24.6 Å². The number of aliphatic carboxylic acids is 1. The molecular weight excluding hydrogens is 284 g/mol. The normalized spacial score (nSPS) is 21.2. The van der Waals surface area contributed by atoms with Gasteiger partial charge in [0.25, 0.3) is 0 Å². The summed E-state index contributed by atoms with van der Waals surface area (Å²) in [6.07, 6.45) is -0.359. The van der Waals surface area contributed by atoms with Crippen LogP contribution in [0.2, 0.25) is 0 Å². The van der Waals surface area contributed by atoms with Crippen LogP contribution in [0.3, 0.4) is 0 Å². The molecule has 1 heterocycles. The molecule has 2 rings (SSSR count). The van der Waals surface area contributed by atoms with Gasteiger partial charge in [-0.25, -0.2) is 0 Å². The molecule has 0 bridgehead atoms. The minimum absolute atomic E-state index is 0.0644. The topological polar surface area (TPSA) is 59.0 Å². The highest BCUT2D eigenvalue weighted by Gasteiger charge is 2.28. The summed E-state index contributed by atoms with van der Waals surface area (Å²) in [4.78, 5) is 12.8. The van der Waals surface area contributed by atoms with E-state index in [-0.39, 0.29) is 11.9 Å². The Morgan fingerprint density at radius 1 is 1.52 bits per heavy atom. The van der Waals surface area contributed by atoms with E-state index >= 15 is 0 Å². The molecule has 1 saturated heterocycles. The molecule has 1 aliphatic rings. The van der Waals surface area contributed by atoms with Gasteiger partial charge in [-0.3, -0.25) is 9.69 Å². The van der Waals surface area contributed by atoms with Crippen molar-refractivity contribution in [3.63, 3.8) is 0 Å². The van der Waals surface area contributed by atoms with Crippen molar-refractivity contribution in [1.82, 2.24) is 4.90 Å². The lowest BCUT2D eigenvalue weighted by atomic mass is 10.1. The van der Waals surface area contributed by atoms with Crippen molar-refractivity contribution >= 4 is 5.97 Å². The zero-order valence-electron chi connectivity index (χ0n) is 11.5. The highest BCUT2D eigenvalue weighted by Crippen LogP contribution is 2.26. The predicted octanol–water partition coefficient (Wildman–Crippen LogP) is 2.13. The number of halogens is 2. The van der Waals surface area contributed by atoms with Crippen LogP contribution in [-0.2, 0) is 9.53 Å². The lowest BCUT2D eigenvalue weighted by molar-refractivity contribution is -0.145. The zero-order valence-corrected chi connectivity index (χ0v) is 11.5. The average Bonchev–Trinajstić information content (AvgIpc) is 2.46. The van der Waals surface area contributed by atoms with Crippen molar-refractivity contribution in [2.75, 3.05) is 19.7 Å². The van der Waals surface area contributed by atoms with Crippen LogP contribution in [-0.4, -0.2) is 48.3 Å². The second kappa shape index (κ2) is 6.82. The van der Waals surface area contributed by atoms with E-state index in [0.717, 1.165) is 0 Å². The van der Waals surface area contributed by atoms with Gasteiger partial charge < -0.3 is 14.6 Å². The second-order valence-electron chi connectivity index (χ2n) is 4.82. The van der Waals surface area contributed by atoms with Crippen LogP contribution in [0.4, 0.5) is 8.78 Å². The number of carboxylic acids is 1. The van der Waals surface area contributed by atoms with E-state index in [1.165, 1.54) is 12.1 Å². The van der Waals surface area contributed by atoms with E-state index < -0.39 is 18.6 Å². The smallest absolute Gasteiger partial charge is 0.387 e. The van der Waals surface area contributed by atoms with Crippen LogP contribution >= 0.6 is 0 Å². The molecule has 1 aromatic rings. The molecule has 2 atom stereocenters. The molecule has 2 unspecified atom stereocenters. The number of rotatable bonds is 5. The quantitative estimate of drug-likeness (QED) is 0.903. The first kappa shape index (κ1) is 15.7. The number of morpholine rings is 1. The van der Waals surface area contributed by atoms with E-state index in [9.17, 15) is 13.6 Å². The fourth-order valence-electron chi connectivity index (χ4n) is 2.27. The van der Waals surface area contributed by atoms with E-state index in [0.29, 0.717) is 25.3 Å². The SMILES string of the molecule is CC(C(=O)O)N1CCOC(c2cccc(OC(F)F)c2)C1. The summed E-state index contributed by atoms with van der Waals surface area (Å²) in [5, 5.41) is 9.05. The Hall–Kier alpha value is -1.73. The van der Waals surface area contributed by atoms with Crippen molar-refractivity contribution in [1.29, 1.82) is 0 Å². The minimum atomic E-state index is -2.88. The van der Waals surface area contributed by atoms with Gasteiger partial charge in [-0.2, -0.15) is 8.78 Å². The van der Waals surface area contributed by atoms with Gasteiger partial charge in [0.05, 0.1) is 12.7 Å². The van der Waals surface area contributed by atoms with Gasteiger partial charge >= 0.3 is 12.6 Å². The molecule has 1 aliphatic heterocycles. The minimum Gasteiger partial charge on any atom is -0.480 e. The van der Waals surface area contributed by atoms with Crippen LogP contribution < -0.4 is 4.74 Å². The maximum Gasteiger partial charge on any atom is 0.387 e. The van der Waals surface area contributed by atoms with E-state index in [4.69, 9.17) is 9.84 Å². The number of carboxylic acid groups (broad SMARTS) is 1. The van der Waals surface area contributed by atoms with Gasteiger partial charge in [0.1, 0.15) is 11.8 Å². The number of ether oxygens (including phenoxy) is 2. The Morgan fingerprint density at radius 3 is 2.95 bits per heavy atom. The van der Waals surface area contributed by atoms with E-state index in [2.05, 4.69) is 4.74 Å². The van der Waals surface area contributed by atoms with Gasteiger partial charge in [0.15, 0.2) is 0 Å². The summed E-state index contributed by atoms with van der Waals surface area (Å²) in [7, 11) is 0. The highest BCUT2D eigenvalue weighted by atomic mass is 19.3. The molecule has 21 heavy (non-hydrogen) atoms. The highest BCUT2D eigenvalue weighted by molar-refractivity contribution is 5.72. The van der Waals surface area contributed by atoms with Crippen LogP contribution in [0.15, 0.2) is 24.3 Å². The summed E-state index contributed by atoms with van der Waals surface area (Å²) in [6.45, 7) is 0.0440. The molecule has 0 spiro atoms. The van der Waals surface area contributed by atoms with Crippen LogP contribution in [0, 0.1) is 0 Å². The van der Waals surface area contributed by atoms with E-state index in [1.807, 2.05) is 0 Å². The largest absolute Gasteiger partial charge is 0.480 e. The molecule has 0 aliphatic carbocycles. The first-order chi connectivity index (χ1) is 9.97. The number of hydrogen-bond acceptors (Lipinski definition) is 4. The molecule has 1 N–H and O–H groups in total. The lowest BCUT2D eigenvalue weighted by Gasteiger charge is -2.35. The summed E-state index contributed by atoms with van der Waals surface area (Å²) < 4.78 is 34.4. The number of carbonyl (C=O) groups is 1. The fourth-order valence-corrected chi connectivity index (χ4v) is 2.27. The van der Waals surface area contributed by atoms with Crippen LogP contribution in [0.5, 0.6) is 5.75 Å². The molecular formula is C14H17F2NO4. The standard InChI is InChI=1S/C14H17F2NO4/c1-9(13(18)19)17-5-6-20-12(8-17)10-3-2-4-11(7-10)21-14(15)16/h2-4,7,9,12,14H,5-6,8H2,1H3,(H,18,19). The molecule has 0 amide bonds. The molecule has 0 saturated carbocycles. The fraction of sp³-hybridized carbons (Fsp3) is 0.500. The summed E-state index contributed by atoms with van der Waals surface area (Å²) >= 11 is 0.